The molecule has 0 aliphatic heterocycles. The van der Waals surface area contributed by atoms with E-state index in [4.69, 9.17) is 4.74 Å². The van der Waals surface area contributed by atoms with E-state index in [9.17, 15) is 19.7 Å². The molecule has 116 valence electrons. The number of non-ortho nitro benzene ring substituents is 1. The maximum Gasteiger partial charge on any atom is 0.326 e. The van der Waals surface area contributed by atoms with E-state index in [2.05, 4.69) is 0 Å². The molecule has 2 rings (SSSR count). The first-order valence-electron chi connectivity index (χ1n) is 6.96. The lowest BCUT2D eigenvalue weighted by Gasteiger charge is -2.10. The molecule has 0 bridgehead atoms. The van der Waals surface area contributed by atoms with Crippen LogP contribution in [0.4, 0.5) is 5.69 Å². The molecule has 1 aromatic heterocycles. The second-order valence-electron chi connectivity index (χ2n) is 4.83. The van der Waals surface area contributed by atoms with Gasteiger partial charge in [0.15, 0.2) is 0 Å². The Morgan fingerprint density at radius 3 is 2.77 bits per heavy atom. The maximum absolute atomic E-state index is 11.9. The molecule has 0 aliphatic rings. The van der Waals surface area contributed by atoms with Crippen molar-refractivity contribution < 1.29 is 14.5 Å². The van der Waals surface area contributed by atoms with Gasteiger partial charge in [0, 0.05) is 23.6 Å². The summed E-state index contributed by atoms with van der Waals surface area (Å²) in [6.07, 6.45) is 1.67. The Bertz CT molecular complexity index is 766. The molecule has 0 saturated heterocycles. The molecular weight excluding hydrogens is 288 g/mol. The number of pyridine rings is 1. The van der Waals surface area contributed by atoms with E-state index in [1.807, 2.05) is 6.92 Å². The number of nitro groups is 1. The lowest BCUT2D eigenvalue weighted by atomic mass is 10.2. The molecule has 0 atom stereocenters. The van der Waals surface area contributed by atoms with Crippen molar-refractivity contribution in [2.75, 3.05) is 6.61 Å². The summed E-state index contributed by atoms with van der Waals surface area (Å²) in [5, 5.41) is 11.3. The molecule has 0 radical (unpaired) electrons. The van der Waals surface area contributed by atoms with Crippen LogP contribution in [-0.4, -0.2) is 22.1 Å². The predicted molar refractivity (Wildman–Crippen MR) is 80.7 cm³/mol. The zero-order valence-corrected chi connectivity index (χ0v) is 12.2. The quantitative estimate of drug-likeness (QED) is 0.353. The van der Waals surface area contributed by atoms with E-state index in [0.717, 1.165) is 12.8 Å². The summed E-state index contributed by atoms with van der Waals surface area (Å²) in [6, 6.07) is 6.93. The number of unbranched alkanes of at least 4 members (excludes halogenated alkanes) is 1. The first kappa shape index (κ1) is 15.7. The molecule has 0 unspecified atom stereocenters. The van der Waals surface area contributed by atoms with Crippen LogP contribution in [0.1, 0.15) is 19.8 Å². The number of nitro benzene ring substituents is 1. The van der Waals surface area contributed by atoms with E-state index in [1.54, 1.807) is 0 Å². The Labute approximate surface area is 126 Å². The number of aromatic nitrogens is 1. The first-order valence-corrected chi connectivity index (χ1v) is 6.96. The maximum atomic E-state index is 11.9. The zero-order chi connectivity index (χ0) is 16.1. The average Bonchev–Trinajstić information content (AvgIpc) is 2.50. The Kier molecular flexibility index (Phi) is 4.88. The summed E-state index contributed by atoms with van der Waals surface area (Å²) in [5.74, 6) is -0.499. The summed E-state index contributed by atoms with van der Waals surface area (Å²) >= 11 is 0. The van der Waals surface area contributed by atoms with Gasteiger partial charge in [0.1, 0.15) is 6.54 Å². The van der Waals surface area contributed by atoms with Crippen LogP contribution < -0.4 is 5.56 Å². The van der Waals surface area contributed by atoms with Crippen LogP contribution in [-0.2, 0) is 16.1 Å². The molecule has 7 nitrogen and oxygen atoms in total. The van der Waals surface area contributed by atoms with Gasteiger partial charge in [-0.3, -0.25) is 24.3 Å². The highest BCUT2D eigenvalue weighted by Crippen LogP contribution is 2.19. The summed E-state index contributed by atoms with van der Waals surface area (Å²) < 4.78 is 6.30. The van der Waals surface area contributed by atoms with Gasteiger partial charge in [-0.1, -0.05) is 13.3 Å². The van der Waals surface area contributed by atoms with Gasteiger partial charge >= 0.3 is 5.97 Å². The lowest BCUT2D eigenvalue weighted by Crippen LogP contribution is -2.25. The third kappa shape index (κ3) is 3.49. The molecule has 1 heterocycles. The normalized spacial score (nSPS) is 10.6. The standard InChI is InChI=1S/C15H16N2O5/c1-2-3-8-22-15(19)10-16-13-6-5-12(17(20)21)9-11(13)4-7-14(16)18/h4-7,9H,2-3,8,10H2,1H3. The minimum atomic E-state index is -0.506. The number of esters is 1. The number of nitrogens with zero attached hydrogens (tertiary/aromatic N) is 2. The van der Waals surface area contributed by atoms with Gasteiger partial charge in [-0.25, -0.2) is 0 Å². The molecule has 1 aromatic carbocycles. The minimum Gasteiger partial charge on any atom is -0.464 e. The molecule has 2 aromatic rings. The predicted octanol–water partition coefficient (Wildman–Crippen LogP) is 2.25. The van der Waals surface area contributed by atoms with Crippen LogP contribution in [0.3, 0.4) is 0 Å². The number of fused-ring (bicyclic) bond motifs is 1. The Morgan fingerprint density at radius 2 is 2.09 bits per heavy atom. The fourth-order valence-corrected chi connectivity index (χ4v) is 2.07. The van der Waals surface area contributed by atoms with E-state index in [0.29, 0.717) is 17.5 Å². The van der Waals surface area contributed by atoms with Crippen molar-refractivity contribution in [1.82, 2.24) is 4.57 Å². The van der Waals surface area contributed by atoms with Crippen LogP contribution in [0.15, 0.2) is 35.1 Å². The second kappa shape index (κ2) is 6.84. The van der Waals surface area contributed by atoms with Crippen molar-refractivity contribution in [3.8, 4) is 0 Å². The van der Waals surface area contributed by atoms with Gasteiger partial charge < -0.3 is 4.74 Å². The number of ether oxygens (including phenoxy) is 1. The third-order valence-electron chi connectivity index (χ3n) is 3.23. The number of benzene rings is 1. The van der Waals surface area contributed by atoms with Gasteiger partial charge in [-0.2, -0.15) is 0 Å². The van der Waals surface area contributed by atoms with Crippen LogP contribution in [0.25, 0.3) is 10.9 Å². The summed E-state index contributed by atoms with van der Waals surface area (Å²) in [4.78, 5) is 34.0. The van der Waals surface area contributed by atoms with Crippen molar-refractivity contribution in [3.63, 3.8) is 0 Å². The van der Waals surface area contributed by atoms with E-state index in [-0.39, 0.29) is 17.8 Å². The summed E-state index contributed by atoms with van der Waals surface area (Å²) in [6.45, 7) is 2.09. The molecule has 0 saturated carbocycles. The fraction of sp³-hybridized carbons (Fsp3) is 0.333. The fourth-order valence-electron chi connectivity index (χ4n) is 2.07. The Morgan fingerprint density at radius 1 is 1.32 bits per heavy atom. The zero-order valence-electron chi connectivity index (χ0n) is 12.2. The molecule has 7 heteroatoms. The third-order valence-corrected chi connectivity index (χ3v) is 3.23. The number of hydrogen-bond acceptors (Lipinski definition) is 5. The van der Waals surface area contributed by atoms with E-state index in [1.165, 1.54) is 34.9 Å². The number of rotatable bonds is 6. The van der Waals surface area contributed by atoms with E-state index < -0.39 is 10.9 Å². The van der Waals surface area contributed by atoms with Crippen molar-refractivity contribution in [1.29, 1.82) is 0 Å². The highest BCUT2D eigenvalue weighted by Gasteiger charge is 2.12. The Balaban J connectivity index is 2.32. The van der Waals surface area contributed by atoms with Crippen molar-refractivity contribution in [3.05, 3.63) is 50.8 Å². The van der Waals surface area contributed by atoms with Crippen LogP contribution in [0, 0.1) is 10.1 Å². The molecule has 0 amide bonds. The molecule has 0 fully saturated rings. The molecule has 0 spiro atoms. The SMILES string of the molecule is CCCCOC(=O)Cn1c(=O)ccc2cc([N+](=O)[O-])ccc21. The van der Waals surface area contributed by atoms with Gasteiger partial charge in [0.25, 0.3) is 11.2 Å². The molecule has 0 aliphatic carbocycles. The van der Waals surface area contributed by atoms with E-state index >= 15 is 0 Å². The summed E-state index contributed by atoms with van der Waals surface area (Å²) in [7, 11) is 0. The van der Waals surface area contributed by atoms with Crippen LogP contribution in [0.5, 0.6) is 0 Å². The second-order valence-corrected chi connectivity index (χ2v) is 4.83. The van der Waals surface area contributed by atoms with Crippen molar-refractivity contribution in [2.24, 2.45) is 0 Å². The van der Waals surface area contributed by atoms with Crippen LogP contribution in [0.2, 0.25) is 0 Å². The number of carbonyl (C=O) groups excluding carboxylic acids is 1. The van der Waals surface area contributed by atoms with Gasteiger partial charge in [0.05, 0.1) is 17.0 Å². The summed E-state index contributed by atoms with van der Waals surface area (Å²) in [5.41, 5.74) is 0.0440. The molecule has 22 heavy (non-hydrogen) atoms. The minimum absolute atomic E-state index is 0.0665. The monoisotopic (exact) mass is 304 g/mol. The highest BCUT2D eigenvalue weighted by atomic mass is 16.6. The van der Waals surface area contributed by atoms with Crippen molar-refractivity contribution in [2.45, 2.75) is 26.3 Å². The van der Waals surface area contributed by atoms with Gasteiger partial charge in [-0.15, -0.1) is 0 Å². The first-order chi connectivity index (χ1) is 10.5. The molecular formula is C15H16N2O5. The van der Waals surface area contributed by atoms with Gasteiger partial charge in [-0.05, 0) is 18.6 Å². The largest absolute Gasteiger partial charge is 0.464 e. The van der Waals surface area contributed by atoms with Crippen LogP contribution >= 0.6 is 0 Å². The smallest absolute Gasteiger partial charge is 0.326 e. The molecule has 0 N–H and O–H groups in total. The number of hydrogen-bond donors (Lipinski definition) is 0. The van der Waals surface area contributed by atoms with Crippen molar-refractivity contribution >= 4 is 22.6 Å². The number of carbonyl (C=O) groups is 1. The topological polar surface area (TPSA) is 91.4 Å². The highest BCUT2D eigenvalue weighted by molar-refractivity contribution is 5.82. The van der Waals surface area contributed by atoms with Gasteiger partial charge in [0.2, 0.25) is 0 Å². The Hall–Kier alpha value is -2.70. The average molecular weight is 304 g/mol. The lowest BCUT2D eigenvalue weighted by molar-refractivity contribution is -0.384.